The molecule has 1 N–H and O–H groups in total. The summed E-state index contributed by atoms with van der Waals surface area (Å²) in [5.41, 5.74) is 4.81. The molecular formula is C21H22NO2S. The molecule has 4 heteroatoms. The van der Waals surface area contributed by atoms with Crippen LogP contribution in [0, 0.1) is 6.92 Å². The van der Waals surface area contributed by atoms with Gasteiger partial charge in [-0.3, -0.25) is 0 Å². The van der Waals surface area contributed by atoms with Crippen LogP contribution in [-0.4, -0.2) is 15.6 Å². The number of aromatic carboxylic acids is 1. The normalized spacial score (nSPS) is 15.7. The van der Waals surface area contributed by atoms with Crippen LogP contribution >= 0.6 is 11.3 Å². The highest BCUT2D eigenvalue weighted by Gasteiger charge is 2.28. The molecule has 0 amide bonds. The van der Waals surface area contributed by atoms with Gasteiger partial charge in [-0.1, -0.05) is 49.6 Å². The largest absolute Gasteiger partial charge is 0.477 e. The first-order chi connectivity index (χ1) is 12.2. The average Bonchev–Trinajstić information content (AvgIpc) is 3.19. The molecular weight excluding hydrogens is 330 g/mol. The van der Waals surface area contributed by atoms with Gasteiger partial charge in [-0.2, -0.15) is 0 Å². The van der Waals surface area contributed by atoms with Gasteiger partial charge in [0.15, 0.2) is 0 Å². The summed E-state index contributed by atoms with van der Waals surface area (Å²) in [6.45, 7) is 4.73. The lowest BCUT2D eigenvalue weighted by Crippen LogP contribution is -2.07. The summed E-state index contributed by atoms with van der Waals surface area (Å²) >= 11 is 1.42. The molecule has 1 radical (unpaired) electrons. The highest BCUT2D eigenvalue weighted by molar-refractivity contribution is 7.21. The molecule has 1 aromatic carbocycles. The van der Waals surface area contributed by atoms with E-state index in [4.69, 9.17) is 0 Å². The second-order valence-electron chi connectivity index (χ2n) is 6.75. The Bertz CT molecular complexity index is 901. The lowest BCUT2D eigenvalue weighted by molar-refractivity contribution is 0.0702. The molecule has 4 rings (SSSR count). The Morgan fingerprint density at radius 3 is 2.56 bits per heavy atom. The number of carbonyl (C=O) groups is 1. The summed E-state index contributed by atoms with van der Waals surface area (Å²) < 4.78 is 3.35. The number of hydrogen-bond acceptors (Lipinski definition) is 2. The fourth-order valence-corrected chi connectivity index (χ4v) is 5.29. The van der Waals surface area contributed by atoms with Gasteiger partial charge in [0.1, 0.15) is 4.88 Å². The maximum atomic E-state index is 11.5. The van der Waals surface area contributed by atoms with Crippen LogP contribution in [0.25, 0.3) is 21.5 Å². The molecule has 1 saturated carbocycles. The van der Waals surface area contributed by atoms with Crippen LogP contribution in [0.1, 0.15) is 53.3 Å². The molecule has 3 nitrogen and oxygen atoms in total. The van der Waals surface area contributed by atoms with Crippen molar-refractivity contribution in [1.82, 2.24) is 4.57 Å². The number of fused-ring (bicyclic) bond motifs is 1. The van der Waals surface area contributed by atoms with Gasteiger partial charge < -0.3 is 9.67 Å². The van der Waals surface area contributed by atoms with E-state index in [0.29, 0.717) is 17.3 Å². The van der Waals surface area contributed by atoms with Crippen molar-refractivity contribution in [2.24, 2.45) is 0 Å². The van der Waals surface area contributed by atoms with Gasteiger partial charge >= 0.3 is 5.97 Å². The maximum absolute atomic E-state index is 11.5. The number of carboxylic acids is 1. The molecule has 129 valence electrons. The van der Waals surface area contributed by atoms with Gasteiger partial charge in [0.05, 0.1) is 15.9 Å². The van der Waals surface area contributed by atoms with Gasteiger partial charge in [0.25, 0.3) is 0 Å². The predicted octanol–water partition coefficient (Wildman–Crippen LogP) is 5.95. The summed E-state index contributed by atoms with van der Waals surface area (Å²) in [6.07, 6.45) is 6.20. The first-order valence-electron chi connectivity index (χ1n) is 8.94. The first kappa shape index (κ1) is 16.4. The van der Waals surface area contributed by atoms with E-state index >= 15 is 0 Å². The minimum absolute atomic E-state index is 0.420. The molecule has 1 aliphatic rings. The maximum Gasteiger partial charge on any atom is 0.345 e. The van der Waals surface area contributed by atoms with E-state index in [0.717, 1.165) is 10.2 Å². The van der Waals surface area contributed by atoms with E-state index in [-0.39, 0.29) is 0 Å². The van der Waals surface area contributed by atoms with Crippen molar-refractivity contribution < 1.29 is 9.90 Å². The van der Waals surface area contributed by atoms with Crippen molar-refractivity contribution >= 4 is 27.5 Å². The standard InChI is InChI=1S/C21H22NO2S/c1-2-22-16-13-17(21(23)24)25-20(16)18(14-9-5-3-6-10-14)19(22)15-11-7-4-8-12-15/h4,7-8,11-14H,1-3,5-6,9-10H2,(H,23,24). The molecule has 0 atom stereocenters. The molecule has 2 aromatic heterocycles. The Morgan fingerprint density at radius 2 is 1.92 bits per heavy atom. The summed E-state index contributed by atoms with van der Waals surface area (Å²) in [6, 6.07) is 12.3. The zero-order chi connectivity index (χ0) is 17.4. The number of rotatable bonds is 4. The number of aromatic nitrogens is 1. The lowest BCUT2D eigenvalue weighted by Gasteiger charge is -2.23. The molecule has 1 fully saturated rings. The van der Waals surface area contributed by atoms with E-state index in [2.05, 4.69) is 35.8 Å². The van der Waals surface area contributed by atoms with Crippen molar-refractivity contribution in [2.75, 3.05) is 0 Å². The van der Waals surface area contributed by atoms with Crippen molar-refractivity contribution in [1.29, 1.82) is 0 Å². The number of nitrogens with zero attached hydrogens (tertiary/aromatic N) is 1. The third-order valence-electron chi connectivity index (χ3n) is 5.27. The summed E-state index contributed by atoms with van der Waals surface area (Å²) in [5, 5.41) is 9.44. The molecule has 0 bridgehead atoms. The van der Waals surface area contributed by atoms with Gasteiger partial charge in [-0.15, -0.1) is 11.3 Å². The van der Waals surface area contributed by atoms with Crippen LogP contribution in [0.3, 0.4) is 0 Å². The Balaban J connectivity index is 2.00. The van der Waals surface area contributed by atoms with Crippen LogP contribution in [-0.2, 0) is 6.54 Å². The number of carboxylic acid groups (broad SMARTS) is 1. The summed E-state index contributed by atoms with van der Waals surface area (Å²) in [5.74, 6) is -0.327. The molecule has 0 saturated heterocycles. The van der Waals surface area contributed by atoms with Crippen molar-refractivity contribution in [3.05, 3.63) is 53.8 Å². The smallest absolute Gasteiger partial charge is 0.345 e. The molecule has 0 aliphatic heterocycles. The van der Waals surface area contributed by atoms with E-state index in [1.807, 2.05) is 12.1 Å². The highest BCUT2D eigenvalue weighted by Crippen LogP contribution is 2.46. The van der Waals surface area contributed by atoms with E-state index in [1.165, 1.54) is 60.3 Å². The third-order valence-corrected chi connectivity index (χ3v) is 6.41. The fourth-order valence-electron chi connectivity index (χ4n) is 4.16. The van der Waals surface area contributed by atoms with Gasteiger partial charge in [-0.25, -0.2) is 4.79 Å². The second kappa shape index (κ2) is 6.68. The van der Waals surface area contributed by atoms with E-state index in [1.54, 1.807) is 0 Å². The van der Waals surface area contributed by atoms with Crippen LogP contribution in [0.4, 0.5) is 0 Å². The average molecular weight is 352 g/mol. The SMILES string of the molecule is [CH2]Cn1c(-c2ccccc2)c(C2CCCCC2)c2sc(C(=O)O)cc21. The van der Waals surface area contributed by atoms with Crippen LogP contribution in [0.2, 0.25) is 0 Å². The molecule has 1 aliphatic carbocycles. The summed E-state index contributed by atoms with van der Waals surface area (Å²) in [7, 11) is 0. The predicted molar refractivity (Wildman–Crippen MR) is 103 cm³/mol. The minimum atomic E-state index is -0.840. The van der Waals surface area contributed by atoms with Gasteiger partial charge in [0.2, 0.25) is 0 Å². The van der Waals surface area contributed by atoms with Crippen LogP contribution in [0.15, 0.2) is 36.4 Å². The van der Waals surface area contributed by atoms with Gasteiger partial charge in [-0.05, 0) is 42.9 Å². The Morgan fingerprint density at radius 1 is 1.20 bits per heavy atom. The minimum Gasteiger partial charge on any atom is -0.477 e. The topological polar surface area (TPSA) is 42.2 Å². The zero-order valence-corrected chi connectivity index (χ0v) is 15.0. The zero-order valence-electron chi connectivity index (χ0n) is 14.2. The number of hydrogen-bond donors (Lipinski definition) is 1. The molecule has 2 heterocycles. The van der Waals surface area contributed by atoms with Crippen molar-refractivity contribution in [2.45, 2.75) is 44.6 Å². The van der Waals surface area contributed by atoms with E-state index in [9.17, 15) is 9.90 Å². The fraction of sp³-hybridized carbons (Fsp3) is 0.333. The van der Waals surface area contributed by atoms with Gasteiger partial charge in [0, 0.05) is 6.54 Å². The molecule has 0 unspecified atom stereocenters. The number of thiophene rings is 1. The Hall–Kier alpha value is -2.07. The van der Waals surface area contributed by atoms with Crippen molar-refractivity contribution in [3.8, 4) is 11.3 Å². The van der Waals surface area contributed by atoms with Crippen molar-refractivity contribution in [3.63, 3.8) is 0 Å². The van der Waals surface area contributed by atoms with Crippen LogP contribution < -0.4 is 0 Å². The molecule has 3 aromatic rings. The quantitative estimate of drug-likeness (QED) is 0.630. The second-order valence-corrected chi connectivity index (χ2v) is 7.80. The summed E-state index contributed by atoms with van der Waals surface area (Å²) in [4.78, 5) is 11.9. The first-order valence-corrected chi connectivity index (χ1v) is 9.76. The monoisotopic (exact) mass is 352 g/mol. The van der Waals surface area contributed by atoms with Crippen LogP contribution in [0.5, 0.6) is 0 Å². The number of benzene rings is 1. The molecule has 0 spiro atoms. The Kier molecular flexibility index (Phi) is 4.38. The Labute approximate surface area is 151 Å². The molecule has 25 heavy (non-hydrogen) atoms. The lowest BCUT2D eigenvalue weighted by atomic mass is 9.83. The third kappa shape index (κ3) is 2.78. The highest BCUT2D eigenvalue weighted by atomic mass is 32.1. The van der Waals surface area contributed by atoms with E-state index < -0.39 is 5.97 Å².